The van der Waals surface area contributed by atoms with Gasteiger partial charge in [-0.2, -0.15) is 0 Å². The Morgan fingerprint density at radius 1 is 0.827 bits per heavy atom. The van der Waals surface area contributed by atoms with Gasteiger partial charge in [0.1, 0.15) is 0 Å². The number of nitrogens with one attached hydrogen (secondary N) is 5. The zero-order valence-electron chi connectivity index (χ0n) is 29.8. The van der Waals surface area contributed by atoms with Crippen LogP contribution in [0.2, 0.25) is 0 Å². The molecule has 6 N–H and O–H groups in total. The molecule has 278 valence electrons. The van der Waals surface area contributed by atoms with Crippen molar-refractivity contribution in [3.05, 3.63) is 70.8 Å². The number of carboxylic acids is 1. The second-order valence-corrected chi connectivity index (χ2v) is 13.6. The summed E-state index contributed by atoms with van der Waals surface area (Å²) in [5, 5.41) is 22.9. The molecule has 0 radical (unpaired) electrons. The molecule has 1 unspecified atom stereocenters. The average Bonchev–Trinajstić information content (AvgIpc) is 3.16. The Balaban J connectivity index is 1.48. The molecule has 0 bridgehead atoms. The van der Waals surface area contributed by atoms with Crippen molar-refractivity contribution < 1.29 is 38.6 Å². The van der Waals surface area contributed by atoms with E-state index in [2.05, 4.69) is 32.7 Å². The number of hydrogen-bond acceptors (Lipinski definition) is 8. The molecule has 2 aromatic carbocycles. The standard InChI is InChI=1S/C38H50BN5O8/c1-2-12-29(34(46)37(49)40-22-31(45)44-33(38(50)51)26-16-7-4-8-17-26)42-35(47)30(21-27-19-11-18-24-13-9-10-20-28(24)27)43-36(48)32(41-23-39-52)25-14-5-3-6-15-25/h4,7-8,11,16-19,25,29-30,32-33,41H,2-3,5-6,9-10,12-15,20-23H2,1H3,(H,40,49)(H,42,47)(H,43,48)(H,44,45)(H,50,51)/t29?,30-,32-,33-/m0/s1. The van der Waals surface area contributed by atoms with E-state index in [1.807, 2.05) is 12.1 Å². The van der Waals surface area contributed by atoms with Crippen molar-refractivity contribution in [2.24, 2.45) is 5.92 Å². The molecule has 14 heteroatoms. The average molecular weight is 716 g/mol. The summed E-state index contributed by atoms with van der Waals surface area (Å²) in [6, 6.07) is 9.63. The maximum atomic E-state index is 14.1. The van der Waals surface area contributed by atoms with E-state index in [1.54, 1.807) is 37.3 Å². The van der Waals surface area contributed by atoms with Gasteiger partial charge in [-0.3, -0.25) is 4.79 Å². The molecule has 0 spiro atoms. The van der Waals surface area contributed by atoms with Gasteiger partial charge in [0, 0.05) is 0 Å². The molecule has 1 fully saturated rings. The van der Waals surface area contributed by atoms with Crippen molar-refractivity contribution in [2.75, 3.05) is 13.0 Å². The van der Waals surface area contributed by atoms with E-state index in [-0.39, 0.29) is 25.2 Å². The zero-order valence-corrected chi connectivity index (χ0v) is 29.8. The SMILES string of the molecule is CCCC(NC(=O)[C@H](Cc1cccc2c1CCCC2)NC(=O)[C@@H](NCB=O)C1CCCCC1)C(=O)C(=O)NCC(=O)N[C@H](C(=O)O)c1ccccc1. The van der Waals surface area contributed by atoms with Gasteiger partial charge >= 0.3 is 231 Å². The maximum absolute atomic E-state index is 14.1. The van der Waals surface area contributed by atoms with Crippen molar-refractivity contribution in [1.82, 2.24) is 26.6 Å². The number of carbonyl (C=O) groups is 6. The van der Waals surface area contributed by atoms with Crippen LogP contribution in [0, 0.1) is 5.92 Å². The number of amides is 4. The van der Waals surface area contributed by atoms with Crippen LogP contribution in [-0.4, -0.2) is 78.8 Å². The molecular weight excluding hydrogens is 665 g/mol. The zero-order chi connectivity index (χ0) is 37.5. The number of fused-ring (bicyclic) bond motifs is 1. The molecule has 52 heavy (non-hydrogen) atoms. The molecule has 0 aliphatic heterocycles. The number of rotatable bonds is 19. The summed E-state index contributed by atoms with van der Waals surface area (Å²) >= 11 is 0. The van der Waals surface area contributed by atoms with Crippen molar-refractivity contribution in [2.45, 2.75) is 108 Å². The van der Waals surface area contributed by atoms with Crippen LogP contribution in [0.5, 0.6) is 0 Å². The molecule has 4 amide bonds. The van der Waals surface area contributed by atoms with E-state index >= 15 is 0 Å². The number of Topliss-reactive ketones (excluding diaryl/α,β-unsaturated/α-hetero) is 1. The van der Waals surface area contributed by atoms with E-state index in [1.165, 1.54) is 5.56 Å². The number of carbonyl (C=O) groups excluding carboxylic acids is 5. The van der Waals surface area contributed by atoms with E-state index in [9.17, 15) is 38.6 Å². The molecule has 13 nitrogen and oxygen atoms in total. The fraction of sp³-hybridized carbons (Fsp3) is 0.526. The quantitative estimate of drug-likeness (QED) is 0.0931. The van der Waals surface area contributed by atoms with Crippen LogP contribution in [0.15, 0.2) is 48.5 Å². The topological polar surface area (TPSA) is 200 Å². The fourth-order valence-corrected chi connectivity index (χ4v) is 7.24. The van der Waals surface area contributed by atoms with Crippen LogP contribution in [0.1, 0.15) is 93.0 Å². The van der Waals surface area contributed by atoms with E-state index in [0.717, 1.165) is 68.9 Å². The van der Waals surface area contributed by atoms with Crippen molar-refractivity contribution in [3.8, 4) is 0 Å². The third-order valence-electron chi connectivity index (χ3n) is 9.90. The molecule has 2 aliphatic carbocycles. The van der Waals surface area contributed by atoms with Crippen molar-refractivity contribution in [3.63, 3.8) is 0 Å². The van der Waals surface area contributed by atoms with Gasteiger partial charge < -0.3 is 10.4 Å². The summed E-state index contributed by atoms with van der Waals surface area (Å²) in [6.45, 7) is 1.12. The third kappa shape index (κ3) is 11.4. The molecule has 4 rings (SSSR count). The van der Waals surface area contributed by atoms with Crippen LogP contribution < -0.4 is 26.6 Å². The summed E-state index contributed by atoms with van der Waals surface area (Å²) in [5.74, 6) is -5.26. The first-order valence-electron chi connectivity index (χ1n) is 18.4. The number of ketones is 1. The van der Waals surface area contributed by atoms with E-state index in [4.69, 9.17) is 0 Å². The van der Waals surface area contributed by atoms with Crippen molar-refractivity contribution >= 4 is 42.5 Å². The summed E-state index contributed by atoms with van der Waals surface area (Å²) < 4.78 is 11.3. The molecule has 4 atom stereocenters. The Morgan fingerprint density at radius 2 is 1.54 bits per heavy atom. The van der Waals surface area contributed by atoms with Gasteiger partial charge in [0.2, 0.25) is 5.91 Å². The first-order valence-corrected chi connectivity index (χ1v) is 18.4. The van der Waals surface area contributed by atoms with Gasteiger partial charge in [0.05, 0.1) is 6.54 Å². The molecule has 2 aromatic rings. The molecule has 0 aromatic heterocycles. The van der Waals surface area contributed by atoms with Crippen LogP contribution in [0.25, 0.3) is 0 Å². The van der Waals surface area contributed by atoms with Gasteiger partial charge in [-0.05, 0) is 5.56 Å². The Hall–Kier alpha value is -4.72. The summed E-state index contributed by atoms with van der Waals surface area (Å²) in [7, 11) is 0.701. The van der Waals surface area contributed by atoms with Crippen molar-refractivity contribution in [1.29, 1.82) is 0 Å². The molecular formula is C38H50BN5O8. The van der Waals surface area contributed by atoms with Gasteiger partial charge in [0.15, 0.2) is 6.04 Å². The third-order valence-corrected chi connectivity index (χ3v) is 9.90. The van der Waals surface area contributed by atoms with Gasteiger partial charge in [-0.25, -0.2) is 4.79 Å². The monoisotopic (exact) mass is 715 g/mol. The van der Waals surface area contributed by atoms with Crippen LogP contribution >= 0.6 is 0 Å². The first kappa shape index (κ1) is 40.1. The normalized spacial score (nSPS) is 16.5. The van der Waals surface area contributed by atoms with Gasteiger partial charge in [-0.1, -0.05) is 30.3 Å². The number of aliphatic carboxylic acids is 1. The van der Waals surface area contributed by atoms with Gasteiger partial charge in [0.25, 0.3) is 0 Å². The number of aryl methyl sites for hydroxylation is 1. The predicted molar refractivity (Wildman–Crippen MR) is 193 cm³/mol. The Kier molecular flexibility index (Phi) is 15.7. The Bertz CT molecular complexity index is 1580. The summed E-state index contributed by atoms with van der Waals surface area (Å²) in [6.07, 6.45) is 9.20. The number of carboxylic acid groups (broad SMARTS) is 1. The molecule has 0 heterocycles. The fourth-order valence-electron chi connectivity index (χ4n) is 7.24. The van der Waals surface area contributed by atoms with Crippen LogP contribution in [0.3, 0.4) is 0 Å². The predicted octanol–water partition coefficient (Wildman–Crippen LogP) is 2.05. The second-order valence-electron chi connectivity index (χ2n) is 13.6. The van der Waals surface area contributed by atoms with Crippen LogP contribution in [-0.2, 0) is 52.7 Å². The summed E-state index contributed by atoms with van der Waals surface area (Å²) in [5.41, 5.74) is 3.61. The smallest absolute Gasteiger partial charge is 0.479 e. The van der Waals surface area contributed by atoms with E-state index in [0.29, 0.717) is 19.1 Å². The summed E-state index contributed by atoms with van der Waals surface area (Å²) in [4.78, 5) is 78.7. The minimum absolute atomic E-state index is 0.00400. The Morgan fingerprint density at radius 3 is 2.23 bits per heavy atom. The molecule has 0 saturated heterocycles. The second kappa shape index (κ2) is 20.4. The van der Waals surface area contributed by atoms with E-state index < -0.39 is 66.1 Å². The minimum Gasteiger partial charge on any atom is -0.479 e. The first-order chi connectivity index (χ1) is 25.1. The van der Waals surface area contributed by atoms with Crippen LogP contribution in [0.4, 0.5) is 0 Å². The molecule has 1 saturated carbocycles. The minimum atomic E-state index is -1.36. The number of benzene rings is 2. The number of hydrogen-bond donors (Lipinski definition) is 6. The molecule has 2 aliphatic rings. The van der Waals surface area contributed by atoms with Gasteiger partial charge in [-0.15, -0.1) is 0 Å². The Labute approximate surface area is 305 Å².